The van der Waals surface area contributed by atoms with Crippen molar-refractivity contribution < 1.29 is 18.0 Å². The van der Waals surface area contributed by atoms with E-state index in [4.69, 9.17) is 0 Å². The lowest BCUT2D eigenvalue weighted by atomic mass is 10.1. The molecule has 2 aromatic carbocycles. The fourth-order valence-corrected chi connectivity index (χ4v) is 2.87. The molecule has 0 aliphatic rings. The normalized spacial score (nSPS) is 11.7. The van der Waals surface area contributed by atoms with E-state index in [2.05, 4.69) is 10.1 Å². The third-order valence-electron chi connectivity index (χ3n) is 4.17. The molecule has 2 aromatic heterocycles. The molecular formula is C20H12F3N3O. The van der Waals surface area contributed by atoms with E-state index in [0.29, 0.717) is 22.5 Å². The summed E-state index contributed by atoms with van der Waals surface area (Å²) in [6.07, 6.45) is -1.61. The van der Waals surface area contributed by atoms with Crippen LogP contribution in [0.4, 0.5) is 13.2 Å². The number of benzene rings is 2. The molecular weight excluding hydrogens is 355 g/mol. The minimum atomic E-state index is -4.44. The maximum Gasteiger partial charge on any atom is 0.416 e. The number of fused-ring (bicyclic) bond motifs is 1. The monoisotopic (exact) mass is 367 g/mol. The molecule has 0 bridgehead atoms. The van der Waals surface area contributed by atoms with Gasteiger partial charge in [-0.1, -0.05) is 42.5 Å². The van der Waals surface area contributed by atoms with Crippen molar-refractivity contribution in [3.8, 4) is 11.3 Å². The number of halogens is 3. The van der Waals surface area contributed by atoms with Crippen molar-refractivity contribution in [1.82, 2.24) is 14.6 Å². The van der Waals surface area contributed by atoms with E-state index in [0.717, 1.165) is 12.1 Å². The molecule has 0 aliphatic heterocycles. The number of aromatic nitrogens is 3. The van der Waals surface area contributed by atoms with Gasteiger partial charge in [-0.3, -0.25) is 4.79 Å². The van der Waals surface area contributed by atoms with Gasteiger partial charge in [-0.05, 0) is 18.2 Å². The van der Waals surface area contributed by atoms with Crippen molar-refractivity contribution in [1.29, 1.82) is 0 Å². The first-order chi connectivity index (χ1) is 12.9. The van der Waals surface area contributed by atoms with E-state index in [-0.39, 0.29) is 11.3 Å². The van der Waals surface area contributed by atoms with Crippen LogP contribution >= 0.6 is 0 Å². The second-order valence-electron chi connectivity index (χ2n) is 5.90. The highest BCUT2D eigenvalue weighted by atomic mass is 19.4. The van der Waals surface area contributed by atoms with E-state index in [1.165, 1.54) is 23.0 Å². The first-order valence-corrected chi connectivity index (χ1v) is 8.05. The highest BCUT2D eigenvalue weighted by molar-refractivity contribution is 6.12. The average Bonchev–Trinajstić information content (AvgIpc) is 3.12. The lowest BCUT2D eigenvalue weighted by molar-refractivity contribution is -0.137. The van der Waals surface area contributed by atoms with Crippen LogP contribution in [0.1, 0.15) is 21.5 Å². The third-order valence-corrected chi connectivity index (χ3v) is 4.17. The fourth-order valence-electron chi connectivity index (χ4n) is 2.87. The number of rotatable bonds is 3. The zero-order valence-electron chi connectivity index (χ0n) is 13.8. The zero-order chi connectivity index (χ0) is 19.0. The van der Waals surface area contributed by atoms with Gasteiger partial charge in [0.1, 0.15) is 0 Å². The van der Waals surface area contributed by atoms with Crippen LogP contribution in [-0.4, -0.2) is 20.4 Å². The Morgan fingerprint density at radius 1 is 0.963 bits per heavy atom. The Kier molecular flexibility index (Phi) is 3.99. The van der Waals surface area contributed by atoms with E-state index >= 15 is 0 Å². The molecule has 0 saturated heterocycles. The number of carbonyl (C=O) groups excluding carboxylic acids is 1. The molecule has 0 fully saturated rings. The fraction of sp³-hybridized carbons (Fsp3) is 0.0500. The molecule has 2 heterocycles. The summed E-state index contributed by atoms with van der Waals surface area (Å²) in [4.78, 5) is 16.9. The minimum absolute atomic E-state index is 0.251. The van der Waals surface area contributed by atoms with Crippen LogP contribution in [0.5, 0.6) is 0 Å². The minimum Gasteiger partial charge on any atom is -0.288 e. The molecule has 4 nitrogen and oxygen atoms in total. The Hall–Kier alpha value is -3.48. The SMILES string of the molecule is O=C(c1ccccc1)c1cnn2c(-c3cccc(C(F)(F)F)c3)ccnc12. The number of carbonyl (C=O) groups is 1. The third kappa shape index (κ3) is 3.08. The molecule has 0 atom stereocenters. The summed E-state index contributed by atoms with van der Waals surface area (Å²) in [5.74, 6) is -0.251. The van der Waals surface area contributed by atoms with Gasteiger partial charge in [0.25, 0.3) is 0 Å². The number of ketones is 1. The van der Waals surface area contributed by atoms with Crippen molar-refractivity contribution in [2.45, 2.75) is 6.18 Å². The summed E-state index contributed by atoms with van der Waals surface area (Å²) in [5, 5.41) is 4.19. The van der Waals surface area contributed by atoms with Crippen LogP contribution in [0.25, 0.3) is 16.9 Å². The van der Waals surface area contributed by atoms with Crippen LogP contribution in [0, 0.1) is 0 Å². The molecule has 0 radical (unpaired) electrons. The molecule has 0 aliphatic carbocycles. The number of alkyl halides is 3. The van der Waals surface area contributed by atoms with E-state index in [1.54, 1.807) is 42.5 Å². The Morgan fingerprint density at radius 2 is 1.74 bits per heavy atom. The summed E-state index contributed by atoms with van der Waals surface area (Å²) < 4.78 is 40.4. The van der Waals surface area contributed by atoms with Crippen molar-refractivity contribution in [3.05, 3.63) is 89.7 Å². The van der Waals surface area contributed by atoms with Crippen LogP contribution in [0.2, 0.25) is 0 Å². The van der Waals surface area contributed by atoms with Crippen molar-refractivity contribution in [3.63, 3.8) is 0 Å². The molecule has 4 rings (SSSR count). The van der Waals surface area contributed by atoms with Gasteiger partial charge in [0.15, 0.2) is 11.4 Å². The highest BCUT2D eigenvalue weighted by Crippen LogP contribution is 2.32. The summed E-state index contributed by atoms with van der Waals surface area (Å²) in [5.41, 5.74) is 1.06. The van der Waals surface area contributed by atoms with Gasteiger partial charge in [-0.25, -0.2) is 9.50 Å². The van der Waals surface area contributed by atoms with Crippen LogP contribution in [0.15, 0.2) is 73.1 Å². The van der Waals surface area contributed by atoms with Gasteiger partial charge in [-0.15, -0.1) is 0 Å². The molecule has 0 amide bonds. The summed E-state index contributed by atoms with van der Waals surface area (Å²) >= 11 is 0. The van der Waals surface area contributed by atoms with Crippen molar-refractivity contribution in [2.75, 3.05) is 0 Å². The van der Waals surface area contributed by atoms with E-state index in [9.17, 15) is 18.0 Å². The molecule has 0 saturated carbocycles. The summed E-state index contributed by atoms with van der Waals surface area (Å²) in [6.45, 7) is 0. The van der Waals surface area contributed by atoms with Gasteiger partial charge < -0.3 is 0 Å². The highest BCUT2D eigenvalue weighted by Gasteiger charge is 2.30. The number of hydrogen-bond donors (Lipinski definition) is 0. The largest absolute Gasteiger partial charge is 0.416 e. The molecule has 4 aromatic rings. The zero-order valence-corrected chi connectivity index (χ0v) is 13.8. The molecule has 0 spiro atoms. The topological polar surface area (TPSA) is 47.3 Å². The first kappa shape index (κ1) is 17.0. The molecule has 27 heavy (non-hydrogen) atoms. The van der Waals surface area contributed by atoms with E-state index in [1.807, 2.05) is 0 Å². The molecule has 0 N–H and O–H groups in total. The summed E-state index contributed by atoms with van der Waals surface area (Å²) in [6, 6.07) is 15.2. The Bertz CT molecular complexity index is 1130. The first-order valence-electron chi connectivity index (χ1n) is 8.05. The second kappa shape index (κ2) is 6.35. The quantitative estimate of drug-likeness (QED) is 0.496. The number of nitrogens with zero attached hydrogens (tertiary/aromatic N) is 3. The smallest absolute Gasteiger partial charge is 0.288 e. The summed E-state index contributed by atoms with van der Waals surface area (Å²) in [7, 11) is 0. The van der Waals surface area contributed by atoms with Crippen molar-refractivity contribution in [2.24, 2.45) is 0 Å². The predicted octanol–water partition coefficient (Wildman–Crippen LogP) is 4.65. The van der Waals surface area contributed by atoms with Gasteiger partial charge in [0.2, 0.25) is 0 Å². The van der Waals surface area contributed by atoms with Crippen LogP contribution < -0.4 is 0 Å². The van der Waals surface area contributed by atoms with E-state index < -0.39 is 11.7 Å². The van der Waals surface area contributed by atoms with Crippen LogP contribution in [0.3, 0.4) is 0 Å². The Balaban J connectivity index is 1.84. The lowest BCUT2D eigenvalue weighted by Gasteiger charge is -2.10. The standard InChI is InChI=1S/C20H12F3N3O/c21-20(22,23)15-8-4-7-14(11-15)17-9-10-24-19-16(12-25-26(17)19)18(27)13-5-2-1-3-6-13/h1-12H. The van der Waals surface area contributed by atoms with Crippen molar-refractivity contribution >= 4 is 11.4 Å². The maximum atomic E-state index is 13.0. The lowest BCUT2D eigenvalue weighted by Crippen LogP contribution is -2.05. The van der Waals surface area contributed by atoms with Gasteiger partial charge in [0.05, 0.1) is 23.0 Å². The Labute approximate surface area is 151 Å². The second-order valence-corrected chi connectivity index (χ2v) is 5.90. The molecule has 134 valence electrons. The average molecular weight is 367 g/mol. The number of hydrogen-bond acceptors (Lipinski definition) is 3. The van der Waals surface area contributed by atoms with Crippen LogP contribution in [-0.2, 0) is 6.18 Å². The maximum absolute atomic E-state index is 13.0. The van der Waals surface area contributed by atoms with Gasteiger partial charge in [-0.2, -0.15) is 18.3 Å². The van der Waals surface area contributed by atoms with Gasteiger partial charge in [0, 0.05) is 17.3 Å². The van der Waals surface area contributed by atoms with Gasteiger partial charge >= 0.3 is 6.18 Å². The predicted molar refractivity (Wildman–Crippen MR) is 93.3 cm³/mol. The molecule has 0 unspecified atom stereocenters. The Morgan fingerprint density at radius 3 is 2.48 bits per heavy atom. The molecule has 7 heteroatoms.